The molecule has 0 N–H and O–H groups in total. The highest BCUT2D eigenvalue weighted by molar-refractivity contribution is 5.88. The van der Waals surface area contributed by atoms with Gasteiger partial charge in [0.15, 0.2) is 17.5 Å². The molecule has 0 saturated carbocycles. The molecule has 0 aliphatic heterocycles. The van der Waals surface area contributed by atoms with Crippen molar-refractivity contribution in [1.82, 2.24) is 24.5 Å². The van der Waals surface area contributed by atoms with Crippen LogP contribution >= 0.6 is 0 Å². The van der Waals surface area contributed by atoms with Gasteiger partial charge in [-0.15, -0.1) is 0 Å². The van der Waals surface area contributed by atoms with E-state index < -0.39 is 0 Å². The van der Waals surface area contributed by atoms with E-state index in [2.05, 4.69) is 95.6 Å². The molecule has 8 rings (SSSR count). The van der Waals surface area contributed by atoms with E-state index in [4.69, 9.17) is 19.9 Å². The highest BCUT2D eigenvalue weighted by atomic mass is 15.1. The van der Waals surface area contributed by atoms with Crippen molar-refractivity contribution in [2.45, 2.75) is 0 Å². The Morgan fingerprint density at radius 2 is 0.844 bits per heavy atom. The molecule has 212 valence electrons. The van der Waals surface area contributed by atoms with Crippen LogP contribution < -0.4 is 0 Å². The number of rotatable bonds is 6. The van der Waals surface area contributed by atoms with Crippen molar-refractivity contribution in [3.63, 3.8) is 0 Å². The zero-order valence-corrected chi connectivity index (χ0v) is 24.3. The van der Waals surface area contributed by atoms with Gasteiger partial charge in [0.05, 0.1) is 11.0 Å². The first-order valence-electron chi connectivity index (χ1n) is 14.9. The third-order valence-electron chi connectivity index (χ3n) is 7.88. The SMILES string of the molecule is c1ccc(-c2nc(-c3ccccc3)nc(-c3cccc(-n4c(-c5ccccc5-c5ccccc5)nc5ccccc54)c3)n2)cc1. The molecule has 0 amide bonds. The molecule has 0 aliphatic rings. The topological polar surface area (TPSA) is 56.5 Å². The average molecular weight is 578 g/mol. The molecule has 0 fully saturated rings. The molecule has 0 aliphatic carbocycles. The molecule has 2 aromatic heterocycles. The average Bonchev–Trinajstić information content (AvgIpc) is 3.52. The van der Waals surface area contributed by atoms with Crippen molar-refractivity contribution in [3.8, 4) is 62.4 Å². The summed E-state index contributed by atoms with van der Waals surface area (Å²) in [6.07, 6.45) is 0. The Morgan fingerprint density at radius 3 is 1.49 bits per heavy atom. The lowest BCUT2D eigenvalue weighted by Gasteiger charge is -2.14. The smallest absolute Gasteiger partial charge is 0.164 e. The molecule has 0 spiro atoms. The highest BCUT2D eigenvalue weighted by Crippen LogP contribution is 2.36. The van der Waals surface area contributed by atoms with Crippen LogP contribution in [0.2, 0.25) is 0 Å². The van der Waals surface area contributed by atoms with Crippen LogP contribution in [0.15, 0.2) is 164 Å². The van der Waals surface area contributed by atoms with E-state index >= 15 is 0 Å². The summed E-state index contributed by atoms with van der Waals surface area (Å²) < 4.78 is 2.23. The van der Waals surface area contributed by atoms with E-state index in [9.17, 15) is 0 Å². The molecule has 45 heavy (non-hydrogen) atoms. The lowest BCUT2D eigenvalue weighted by atomic mass is 9.99. The monoisotopic (exact) mass is 577 g/mol. The molecule has 0 radical (unpaired) electrons. The first kappa shape index (κ1) is 26.4. The predicted molar refractivity (Wildman–Crippen MR) is 182 cm³/mol. The van der Waals surface area contributed by atoms with Crippen LogP contribution in [0.4, 0.5) is 0 Å². The summed E-state index contributed by atoms with van der Waals surface area (Å²) in [6, 6.07) is 55.7. The van der Waals surface area contributed by atoms with Gasteiger partial charge in [-0.2, -0.15) is 0 Å². The first-order chi connectivity index (χ1) is 22.3. The van der Waals surface area contributed by atoms with Crippen molar-refractivity contribution in [1.29, 1.82) is 0 Å². The normalized spacial score (nSPS) is 11.1. The zero-order valence-electron chi connectivity index (χ0n) is 24.3. The maximum Gasteiger partial charge on any atom is 0.164 e. The van der Waals surface area contributed by atoms with Gasteiger partial charge in [-0.25, -0.2) is 19.9 Å². The highest BCUT2D eigenvalue weighted by Gasteiger charge is 2.19. The van der Waals surface area contributed by atoms with Crippen LogP contribution in [0, 0.1) is 0 Å². The summed E-state index contributed by atoms with van der Waals surface area (Å²) in [5.74, 6) is 2.75. The summed E-state index contributed by atoms with van der Waals surface area (Å²) in [5, 5.41) is 0. The molecule has 0 unspecified atom stereocenters. The molecule has 0 atom stereocenters. The minimum atomic E-state index is 0.611. The lowest BCUT2D eigenvalue weighted by Crippen LogP contribution is -2.02. The Morgan fingerprint density at radius 1 is 0.356 bits per heavy atom. The fourth-order valence-electron chi connectivity index (χ4n) is 5.74. The fourth-order valence-corrected chi connectivity index (χ4v) is 5.74. The maximum atomic E-state index is 5.18. The van der Waals surface area contributed by atoms with Gasteiger partial charge >= 0.3 is 0 Å². The van der Waals surface area contributed by atoms with Crippen molar-refractivity contribution < 1.29 is 0 Å². The summed E-state index contributed by atoms with van der Waals surface area (Å²) in [6.45, 7) is 0. The summed E-state index contributed by atoms with van der Waals surface area (Å²) in [5.41, 5.74) is 9.03. The Labute approximate surface area is 261 Å². The number of hydrogen-bond donors (Lipinski definition) is 0. The quantitative estimate of drug-likeness (QED) is 0.197. The standard InChI is InChI=1S/C40H27N5/c1-4-15-28(16-5-1)33-23-10-11-24-34(33)40-41-35-25-12-13-26-36(35)45(40)32-22-14-21-31(27-32)39-43-37(29-17-6-2-7-18-29)42-38(44-39)30-19-8-3-9-20-30/h1-27H. The Balaban J connectivity index is 1.32. The van der Waals surface area contributed by atoms with E-state index in [0.717, 1.165) is 55.9 Å². The van der Waals surface area contributed by atoms with E-state index in [1.807, 2.05) is 72.8 Å². The Kier molecular flexibility index (Phi) is 6.74. The summed E-state index contributed by atoms with van der Waals surface area (Å²) in [7, 11) is 0. The van der Waals surface area contributed by atoms with E-state index in [1.165, 1.54) is 0 Å². The van der Waals surface area contributed by atoms with Crippen molar-refractivity contribution in [2.75, 3.05) is 0 Å². The van der Waals surface area contributed by atoms with Crippen molar-refractivity contribution in [2.24, 2.45) is 0 Å². The van der Waals surface area contributed by atoms with Crippen LogP contribution in [-0.2, 0) is 0 Å². The second-order valence-corrected chi connectivity index (χ2v) is 10.8. The van der Waals surface area contributed by atoms with Gasteiger partial charge in [0.1, 0.15) is 5.82 Å². The largest absolute Gasteiger partial charge is 0.292 e. The third-order valence-corrected chi connectivity index (χ3v) is 7.88. The zero-order chi connectivity index (χ0) is 30.0. The van der Waals surface area contributed by atoms with Gasteiger partial charge in [-0.3, -0.25) is 4.57 Å². The van der Waals surface area contributed by atoms with Gasteiger partial charge in [0.2, 0.25) is 0 Å². The molecule has 2 heterocycles. The fraction of sp³-hybridized carbons (Fsp3) is 0. The molecule has 6 aromatic carbocycles. The Hall–Kier alpha value is -6.20. The van der Waals surface area contributed by atoms with Gasteiger partial charge < -0.3 is 0 Å². The molecule has 5 heteroatoms. The second kappa shape index (κ2) is 11.5. The van der Waals surface area contributed by atoms with Crippen LogP contribution in [0.1, 0.15) is 0 Å². The molecule has 0 saturated heterocycles. The lowest BCUT2D eigenvalue weighted by molar-refractivity contribution is 1.07. The number of imidazole rings is 1. The van der Waals surface area contributed by atoms with Crippen molar-refractivity contribution >= 4 is 11.0 Å². The van der Waals surface area contributed by atoms with E-state index in [1.54, 1.807) is 0 Å². The molecule has 5 nitrogen and oxygen atoms in total. The second-order valence-electron chi connectivity index (χ2n) is 10.8. The number of nitrogens with zero attached hydrogens (tertiary/aromatic N) is 5. The van der Waals surface area contributed by atoms with Gasteiger partial charge in [0.25, 0.3) is 0 Å². The summed E-state index contributed by atoms with van der Waals surface area (Å²) in [4.78, 5) is 20.0. The van der Waals surface area contributed by atoms with Crippen LogP contribution in [0.5, 0.6) is 0 Å². The van der Waals surface area contributed by atoms with Crippen molar-refractivity contribution in [3.05, 3.63) is 164 Å². The number of aromatic nitrogens is 5. The third kappa shape index (κ3) is 5.07. The molecular weight excluding hydrogens is 550 g/mol. The number of fused-ring (bicyclic) bond motifs is 1. The van der Waals surface area contributed by atoms with Crippen LogP contribution in [0.3, 0.4) is 0 Å². The molecule has 0 bridgehead atoms. The van der Waals surface area contributed by atoms with Crippen LogP contribution in [0.25, 0.3) is 73.4 Å². The van der Waals surface area contributed by atoms with E-state index in [0.29, 0.717) is 17.5 Å². The first-order valence-corrected chi connectivity index (χ1v) is 14.9. The van der Waals surface area contributed by atoms with Gasteiger partial charge in [-0.1, -0.05) is 140 Å². The van der Waals surface area contributed by atoms with Crippen LogP contribution in [-0.4, -0.2) is 24.5 Å². The summed E-state index contributed by atoms with van der Waals surface area (Å²) >= 11 is 0. The number of hydrogen-bond acceptors (Lipinski definition) is 4. The van der Waals surface area contributed by atoms with Gasteiger partial charge in [-0.05, 0) is 35.4 Å². The predicted octanol–water partition coefficient (Wildman–Crippen LogP) is 9.55. The Bertz CT molecular complexity index is 2200. The van der Waals surface area contributed by atoms with E-state index in [-0.39, 0.29) is 0 Å². The molecular formula is C40H27N5. The molecule has 8 aromatic rings. The minimum absolute atomic E-state index is 0.611. The number of benzene rings is 6. The van der Waals surface area contributed by atoms with Gasteiger partial charge in [0, 0.05) is 27.9 Å². The maximum absolute atomic E-state index is 5.18. The minimum Gasteiger partial charge on any atom is -0.292 e. The number of para-hydroxylation sites is 2.